The summed E-state index contributed by atoms with van der Waals surface area (Å²) in [5.74, 6) is -1.97. The van der Waals surface area contributed by atoms with E-state index in [0.717, 1.165) is 25.7 Å². The third-order valence-corrected chi connectivity index (χ3v) is 5.44. The van der Waals surface area contributed by atoms with E-state index in [9.17, 15) is 14.7 Å². The summed E-state index contributed by atoms with van der Waals surface area (Å²) in [4.78, 5) is 23.0. The fraction of sp³-hybridized carbons (Fsp3) is 0.818. The Morgan fingerprint density at radius 1 is 0.920 bits per heavy atom. The number of hydrogen-bond donors (Lipinski definition) is 1. The van der Waals surface area contributed by atoms with E-state index in [1.54, 1.807) is 0 Å². The molecule has 0 aromatic rings. The molecule has 0 aromatic heterocycles. The molecular weight excluding hydrogens is 312 g/mol. The highest BCUT2D eigenvalue weighted by Gasteiger charge is 2.34. The van der Waals surface area contributed by atoms with Crippen LogP contribution in [-0.4, -0.2) is 16.9 Å². The fourth-order valence-corrected chi connectivity index (χ4v) is 3.86. The van der Waals surface area contributed by atoms with Crippen LogP contribution in [0.1, 0.15) is 103 Å². The van der Waals surface area contributed by atoms with Crippen molar-refractivity contribution >= 4 is 11.8 Å². The van der Waals surface area contributed by atoms with Gasteiger partial charge < -0.3 is 5.11 Å². The normalized spacial score (nSPS) is 20.1. The second-order valence-electron chi connectivity index (χ2n) is 7.65. The number of carbonyl (C=O) groups excluding carboxylic acids is 1. The van der Waals surface area contributed by atoms with Crippen molar-refractivity contribution in [3.05, 3.63) is 12.2 Å². The Balaban J connectivity index is 1.94. The van der Waals surface area contributed by atoms with Crippen LogP contribution < -0.4 is 0 Å². The lowest BCUT2D eigenvalue weighted by Crippen LogP contribution is -2.32. The monoisotopic (exact) mass is 350 g/mol. The zero-order valence-electron chi connectivity index (χ0n) is 16.2. The summed E-state index contributed by atoms with van der Waals surface area (Å²) >= 11 is 0. The van der Waals surface area contributed by atoms with E-state index in [1.807, 2.05) is 6.08 Å². The zero-order chi connectivity index (χ0) is 18.3. The van der Waals surface area contributed by atoms with Crippen molar-refractivity contribution in [3.63, 3.8) is 0 Å². The van der Waals surface area contributed by atoms with Gasteiger partial charge >= 0.3 is 5.97 Å². The first-order valence-corrected chi connectivity index (χ1v) is 10.6. The number of allylic oxidation sites excluding steroid dienone is 2. The number of ketones is 1. The molecule has 3 heteroatoms. The van der Waals surface area contributed by atoms with Crippen molar-refractivity contribution in [2.75, 3.05) is 0 Å². The molecule has 0 spiro atoms. The average Bonchev–Trinajstić information content (AvgIpc) is 2.58. The van der Waals surface area contributed by atoms with Crippen molar-refractivity contribution in [3.8, 4) is 0 Å². The number of hydrogen-bond acceptors (Lipinski definition) is 2. The molecule has 2 unspecified atom stereocenters. The summed E-state index contributed by atoms with van der Waals surface area (Å²) < 4.78 is 0. The Morgan fingerprint density at radius 3 is 1.88 bits per heavy atom. The molecule has 144 valence electrons. The maximum absolute atomic E-state index is 11.7. The molecule has 1 rings (SSSR count). The van der Waals surface area contributed by atoms with Gasteiger partial charge in [0.2, 0.25) is 0 Å². The molecule has 0 amide bonds. The van der Waals surface area contributed by atoms with E-state index in [0.29, 0.717) is 0 Å². The number of aliphatic carboxylic acids is 1. The summed E-state index contributed by atoms with van der Waals surface area (Å²) in [5.41, 5.74) is 0. The Hall–Kier alpha value is -1.12. The summed E-state index contributed by atoms with van der Waals surface area (Å²) in [7, 11) is 0. The lowest BCUT2D eigenvalue weighted by molar-refractivity contribution is -0.147. The van der Waals surface area contributed by atoms with Crippen molar-refractivity contribution in [1.82, 2.24) is 0 Å². The van der Waals surface area contributed by atoms with Gasteiger partial charge in [-0.1, -0.05) is 96.5 Å². The highest BCUT2D eigenvalue weighted by molar-refractivity contribution is 6.05. The highest BCUT2D eigenvalue weighted by Crippen LogP contribution is 2.28. The van der Waals surface area contributed by atoms with Gasteiger partial charge in [0.25, 0.3) is 0 Å². The Bertz CT molecular complexity index is 400. The molecule has 1 aliphatic rings. The second kappa shape index (κ2) is 14.1. The topological polar surface area (TPSA) is 54.4 Å². The van der Waals surface area contributed by atoms with E-state index in [2.05, 4.69) is 6.92 Å². The molecule has 0 aromatic carbocycles. The zero-order valence-corrected chi connectivity index (χ0v) is 16.2. The fourth-order valence-electron chi connectivity index (χ4n) is 3.86. The maximum atomic E-state index is 11.7. The average molecular weight is 351 g/mol. The van der Waals surface area contributed by atoms with E-state index in [4.69, 9.17) is 0 Å². The molecule has 0 saturated carbocycles. The molecular formula is C22H38O3. The van der Waals surface area contributed by atoms with Gasteiger partial charge in [-0.3, -0.25) is 9.59 Å². The first-order chi connectivity index (χ1) is 12.2. The lowest BCUT2D eigenvalue weighted by atomic mass is 9.79. The molecule has 1 N–H and O–H groups in total. The van der Waals surface area contributed by atoms with Crippen LogP contribution in [0.3, 0.4) is 0 Å². The summed E-state index contributed by atoms with van der Waals surface area (Å²) in [5, 5.41) is 9.23. The van der Waals surface area contributed by atoms with Crippen molar-refractivity contribution < 1.29 is 14.7 Å². The standard InChI is InChI=1S/C22H38O3/c1-2-3-4-5-6-7-8-9-10-11-12-13-14-16-19-17-15-18-20(23)21(19)22(24)25/h15,18-19,21H,2-14,16-17H2,1H3,(H,24,25). The minimum Gasteiger partial charge on any atom is -0.481 e. The predicted octanol–water partition coefficient (Wildman–Crippen LogP) is 6.31. The molecule has 0 bridgehead atoms. The number of rotatable bonds is 15. The van der Waals surface area contributed by atoms with E-state index in [1.165, 1.54) is 76.7 Å². The first-order valence-electron chi connectivity index (χ1n) is 10.6. The summed E-state index contributed by atoms with van der Waals surface area (Å²) in [6.07, 6.45) is 22.0. The SMILES string of the molecule is CCCCCCCCCCCCCCCC1CC=CC(=O)C1C(=O)O. The second-order valence-corrected chi connectivity index (χ2v) is 7.65. The van der Waals surface area contributed by atoms with Crippen LogP contribution >= 0.6 is 0 Å². The van der Waals surface area contributed by atoms with Crippen LogP contribution in [0.15, 0.2) is 12.2 Å². The van der Waals surface area contributed by atoms with Crippen LogP contribution in [0, 0.1) is 11.8 Å². The van der Waals surface area contributed by atoms with Crippen LogP contribution in [-0.2, 0) is 9.59 Å². The van der Waals surface area contributed by atoms with Gasteiger partial charge in [0.05, 0.1) is 0 Å². The maximum Gasteiger partial charge on any atom is 0.314 e. The van der Waals surface area contributed by atoms with Gasteiger partial charge in [-0.05, 0) is 24.8 Å². The molecule has 3 nitrogen and oxygen atoms in total. The summed E-state index contributed by atoms with van der Waals surface area (Å²) in [6.45, 7) is 2.26. The molecule has 0 saturated heterocycles. The molecule has 0 heterocycles. The number of carboxylic acids is 1. The van der Waals surface area contributed by atoms with E-state index >= 15 is 0 Å². The summed E-state index contributed by atoms with van der Waals surface area (Å²) in [6, 6.07) is 0. The highest BCUT2D eigenvalue weighted by atomic mass is 16.4. The van der Waals surface area contributed by atoms with Crippen molar-refractivity contribution in [2.45, 2.75) is 103 Å². The van der Waals surface area contributed by atoms with Crippen LogP contribution in [0.5, 0.6) is 0 Å². The lowest BCUT2D eigenvalue weighted by Gasteiger charge is -2.23. The largest absolute Gasteiger partial charge is 0.481 e. The molecule has 25 heavy (non-hydrogen) atoms. The van der Waals surface area contributed by atoms with E-state index in [-0.39, 0.29) is 11.7 Å². The number of carbonyl (C=O) groups is 2. The van der Waals surface area contributed by atoms with Gasteiger partial charge in [-0.25, -0.2) is 0 Å². The minimum atomic E-state index is -0.950. The van der Waals surface area contributed by atoms with Crippen LogP contribution in [0.25, 0.3) is 0 Å². The van der Waals surface area contributed by atoms with Gasteiger partial charge in [0.1, 0.15) is 5.92 Å². The van der Waals surface area contributed by atoms with Gasteiger partial charge in [0.15, 0.2) is 5.78 Å². The molecule has 0 fully saturated rings. The number of unbranched alkanes of at least 4 members (excludes halogenated alkanes) is 12. The number of carboxylic acid groups (broad SMARTS) is 1. The smallest absolute Gasteiger partial charge is 0.314 e. The molecule has 2 atom stereocenters. The molecule has 0 aliphatic heterocycles. The van der Waals surface area contributed by atoms with E-state index < -0.39 is 11.9 Å². The van der Waals surface area contributed by atoms with Gasteiger partial charge in [-0.2, -0.15) is 0 Å². The van der Waals surface area contributed by atoms with Crippen molar-refractivity contribution in [1.29, 1.82) is 0 Å². The Morgan fingerprint density at radius 2 is 1.40 bits per heavy atom. The van der Waals surface area contributed by atoms with Crippen LogP contribution in [0.2, 0.25) is 0 Å². The third-order valence-electron chi connectivity index (χ3n) is 5.44. The minimum absolute atomic E-state index is 0.00251. The first kappa shape index (κ1) is 21.9. The quantitative estimate of drug-likeness (QED) is 0.278. The van der Waals surface area contributed by atoms with Crippen molar-refractivity contribution in [2.24, 2.45) is 11.8 Å². The third kappa shape index (κ3) is 9.81. The molecule has 1 aliphatic carbocycles. The van der Waals surface area contributed by atoms with Crippen LogP contribution in [0.4, 0.5) is 0 Å². The molecule has 0 radical (unpaired) electrons. The van der Waals surface area contributed by atoms with Gasteiger partial charge in [0, 0.05) is 0 Å². The van der Waals surface area contributed by atoms with Gasteiger partial charge in [-0.15, -0.1) is 0 Å². The predicted molar refractivity (Wildman–Crippen MR) is 104 cm³/mol. The Labute approximate surface area is 154 Å². The Kier molecular flexibility index (Phi) is 12.4.